The molecular formula is C17H26N2O3. The van der Waals surface area contributed by atoms with Crippen molar-refractivity contribution in [3.63, 3.8) is 0 Å². The molecule has 5 heteroatoms. The summed E-state index contributed by atoms with van der Waals surface area (Å²) < 4.78 is 4.75. The normalized spacial score (nSPS) is 10.1. The summed E-state index contributed by atoms with van der Waals surface area (Å²) in [4.78, 5) is 25.8. The molecule has 0 radical (unpaired) electrons. The topological polar surface area (TPSA) is 58.6 Å². The van der Waals surface area contributed by atoms with Crippen LogP contribution in [0.3, 0.4) is 0 Å². The second kappa shape index (κ2) is 9.82. The first-order valence-electron chi connectivity index (χ1n) is 7.83. The molecule has 0 heterocycles. The Bertz CT molecular complexity index is 483. The molecule has 0 aliphatic carbocycles. The van der Waals surface area contributed by atoms with Gasteiger partial charge in [-0.1, -0.05) is 26.0 Å². The van der Waals surface area contributed by atoms with Gasteiger partial charge in [-0.15, -0.1) is 0 Å². The number of methoxy groups -OCH3 is 1. The maximum absolute atomic E-state index is 12.2. The maximum Gasteiger partial charge on any atom is 0.339 e. The van der Waals surface area contributed by atoms with Gasteiger partial charge in [0, 0.05) is 31.7 Å². The van der Waals surface area contributed by atoms with E-state index in [1.807, 2.05) is 17.0 Å². The Hall–Kier alpha value is -2.04. The molecule has 0 fully saturated rings. The lowest BCUT2D eigenvalue weighted by atomic mass is 10.1. The van der Waals surface area contributed by atoms with Gasteiger partial charge in [0.1, 0.15) is 0 Å². The van der Waals surface area contributed by atoms with Crippen LogP contribution in [0.4, 0.5) is 5.69 Å². The third-order valence-electron chi connectivity index (χ3n) is 3.33. The predicted molar refractivity (Wildman–Crippen MR) is 88.1 cm³/mol. The molecule has 1 rings (SSSR count). The lowest BCUT2D eigenvalue weighted by Crippen LogP contribution is -2.33. The van der Waals surface area contributed by atoms with Crippen molar-refractivity contribution >= 4 is 17.6 Å². The fourth-order valence-corrected chi connectivity index (χ4v) is 2.29. The van der Waals surface area contributed by atoms with Crippen LogP contribution in [0.25, 0.3) is 0 Å². The number of para-hydroxylation sites is 1. The summed E-state index contributed by atoms with van der Waals surface area (Å²) in [7, 11) is 1.36. The summed E-state index contributed by atoms with van der Waals surface area (Å²) in [5.74, 6) is -0.236. The minimum atomic E-state index is -0.381. The van der Waals surface area contributed by atoms with Crippen molar-refractivity contribution in [2.75, 3.05) is 32.1 Å². The molecule has 122 valence electrons. The first kappa shape index (κ1) is 18.0. The van der Waals surface area contributed by atoms with Crippen molar-refractivity contribution in [3.05, 3.63) is 29.8 Å². The lowest BCUT2D eigenvalue weighted by Gasteiger charge is -2.21. The van der Waals surface area contributed by atoms with Crippen LogP contribution in [-0.4, -0.2) is 43.5 Å². The highest BCUT2D eigenvalue weighted by Crippen LogP contribution is 2.16. The number of hydrogen-bond donors (Lipinski definition) is 1. The van der Waals surface area contributed by atoms with Crippen LogP contribution in [0, 0.1) is 0 Å². The molecule has 0 aliphatic heterocycles. The third kappa shape index (κ3) is 5.39. The Morgan fingerprint density at radius 2 is 1.77 bits per heavy atom. The monoisotopic (exact) mass is 306 g/mol. The van der Waals surface area contributed by atoms with Crippen LogP contribution in [-0.2, 0) is 9.53 Å². The molecule has 1 aromatic rings. The predicted octanol–water partition coefficient (Wildman–Crippen LogP) is 2.92. The van der Waals surface area contributed by atoms with Crippen LogP contribution in [0.2, 0.25) is 0 Å². The molecule has 0 saturated heterocycles. The van der Waals surface area contributed by atoms with E-state index in [1.54, 1.807) is 12.1 Å². The van der Waals surface area contributed by atoms with Crippen molar-refractivity contribution in [1.29, 1.82) is 0 Å². The smallest absolute Gasteiger partial charge is 0.339 e. The molecule has 0 spiro atoms. The number of hydrogen-bond acceptors (Lipinski definition) is 4. The Balaban J connectivity index is 2.56. The number of rotatable bonds is 9. The minimum Gasteiger partial charge on any atom is -0.465 e. The molecular weight excluding hydrogens is 280 g/mol. The Morgan fingerprint density at radius 1 is 1.14 bits per heavy atom. The van der Waals surface area contributed by atoms with Gasteiger partial charge in [0.25, 0.3) is 0 Å². The standard InChI is InChI=1S/C17H26N2O3/c1-4-12-19(13-5-2)16(20)10-11-18-15-9-7-6-8-14(15)17(21)22-3/h6-9,18H,4-5,10-13H2,1-3H3. The van der Waals surface area contributed by atoms with Crippen LogP contribution in [0.1, 0.15) is 43.5 Å². The second-order valence-corrected chi connectivity index (χ2v) is 5.09. The Kier molecular flexibility index (Phi) is 8.04. The summed E-state index contributed by atoms with van der Waals surface area (Å²) in [6.07, 6.45) is 2.34. The number of amides is 1. The molecule has 0 bridgehead atoms. The first-order chi connectivity index (χ1) is 10.6. The molecule has 0 aliphatic rings. The highest BCUT2D eigenvalue weighted by Gasteiger charge is 2.13. The quantitative estimate of drug-likeness (QED) is 0.713. The van der Waals surface area contributed by atoms with E-state index in [9.17, 15) is 9.59 Å². The number of nitrogens with one attached hydrogen (secondary N) is 1. The number of anilines is 1. The average Bonchev–Trinajstić information content (AvgIpc) is 2.54. The minimum absolute atomic E-state index is 0.145. The van der Waals surface area contributed by atoms with Crippen LogP contribution < -0.4 is 5.32 Å². The zero-order chi connectivity index (χ0) is 16.4. The van der Waals surface area contributed by atoms with Gasteiger partial charge in [0.15, 0.2) is 0 Å². The molecule has 0 atom stereocenters. The summed E-state index contributed by atoms with van der Waals surface area (Å²) >= 11 is 0. The maximum atomic E-state index is 12.2. The van der Waals surface area contributed by atoms with E-state index < -0.39 is 0 Å². The average molecular weight is 306 g/mol. The fourth-order valence-electron chi connectivity index (χ4n) is 2.29. The van der Waals surface area contributed by atoms with Gasteiger partial charge in [0.2, 0.25) is 5.91 Å². The number of carbonyl (C=O) groups excluding carboxylic acids is 2. The van der Waals surface area contributed by atoms with Gasteiger partial charge in [-0.25, -0.2) is 4.79 Å². The number of carbonyl (C=O) groups is 2. The second-order valence-electron chi connectivity index (χ2n) is 5.09. The van der Waals surface area contributed by atoms with E-state index in [-0.39, 0.29) is 11.9 Å². The van der Waals surface area contributed by atoms with Gasteiger partial charge in [-0.3, -0.25) is 4.79 Å². The Labute approximate surface area is 132 Å². The lowest BCUT2D eigenvalue weighted by molar-refractivity contribution is -0.131. The largest absolute Gasteiger partial charge is 0.465 e. The number of benzene rings is 1. The van der Waals surface area contributed by atoms with Crippen LogP contribution in [0.15, 0.2) is 24.3 Å². The van der Waals surface area contributed by atoms with Gasteiger partial charge in [-0.2, -0.15) is 0 Å². The van der Waals surface area contributed by atoms with E-state index in [1.165, 1.54) is 7.11 Å². The van der Waals surface area contributed by atoms with E-state index in [2.05, 4.69) is 19.2 Å². The van der Waals surface area contributed by atoms with Crippen LogP contribution in [0.5, 0.6) is 0 Å². The van der Waals surface area contributed by atoms with Crippen molar-refractivity contribution in [3.8, 4) is 0 Å². The highest BCUT2D eigenvalue weighted by atomic mass is 16.5. The summed E-state index contributed by atoms with van der Waals surface area (Å²) in [6.45, 7) is 6.23. The Morgan fingerprint density at radius 3 is 2.36 bits per heavy atom. The molecule has 22 heavy (non-hydrogen) atoms. The molecule has 1 N–H and O–H groups in total. The zero-order valence-corrected chi connectivity index (χ0v) is 13.7. The fraction of sp³-hybridized carbons (Fsp3) is 0.529. The van der Waals surface area contributed by atoms with Gasteiger partial charge < -0.3 is 15.0 Å². The molecule has 5 nitrogen and oxygen atoms in total. The SMILES string of the molecule is CCCN(CCC)C(=O)CCNc1ccccc1C(=O)OC. The summed E-state index contributed by atoms with van der Waals surface area (Å²) in [5.41, 5.74) is 1.18. The van der Waals surface area contributed by atoms with Crippen molar-refractivity contribution < 1.29 is 14.3 Å². The highest BCUT2D eigenvalue weighted by molar-refractivity contribution is 5.95. The number of ether oxygens (including phenoxy) is 1. The van der Waals surface area contributed by atoms with Gasteiger partial charge >= 0.3 is 5.97 Å². The number of esters is 1. The van der Waals surface area contributed by atoms with Gasteiger partial charge in [0.05, 0.1) is 12.7 Å². The van der Waals surface area contributed by atoms with Crippen molar-refractivity contribution in [2.45, 2.75) is 33.1 Å². The zero-order valence-electron chi connectivity index (χ0n) is 13.7. The molecule has 1 aromatic carbocycles. The number of nitrogens with zero attached hydrogens (tertiary/aromatic N) is 1. The summed E-state index contributed by atoms with van der Waals surface area (Å²) in [5, 5.41) is 3.15. The van der Waals surface area contributed by atoms with Gasteiger partial charge in [-0.05, 0) is 25.0 Å². The van der Waals surface area contributed by atoms with Crippen molar-refractivity contribution in [2.24, 2.45) is 0 Å². The van der Waals surface area contributed by atoms with E-state index in [4.69, 9.17) is 4.74 Å². The molecule has 0 aromatic heterocycles. The molecule has 0 unspecified atom stereocenters. The molecule has 0 saturated carbocycles. The van der Waals surface area contributed by atoms with Crippen LogP contribution >= 0.6 is 0 Å². The van der Waals surface area contributed by atoms with E-state index >= 15 is 0 Å². The third-order valence-corrected chi connectivity index (χ3v) is 3.33. The molecule has 1 amide bonds. The van der Waals surface area contributed by atoms with E-state index in [0.717, 1.165) is 25.9 Å². The summed E-state index contributed by atoms with van der Waals surface area (Å²) in [6, 6.07) is 7.15. The van der Waals surface area contributed by atoms with E-state index in [0.29, 0.717) is 24.2 Å². The van der Waals surface area contributed by atoms with Crippen molar-refractivity contribution in [1.82, 2.24) is 4.90 Å². The first-order valence-corrected chi connectivity index (χ1v) is 7.83.